The van der Waals surface area contributed by atoms with E-state index >= 15 is 0 Å². The zero-order chi connectivity index (χ0) is 27.4. The van der Waals surface area contributed by atoms with Crippen LogP contribution in [0.2, 0.25) is 0 Å². The minimum Gasteiger partial charge on any atom is -0.487 e. The Bertz CT molecular complexity index is 1460. The smallest absolute Gasteiger partial charge is 0.255 e. The third kappa shape index (κ3) is 5.55. The number of aliphatic hydroxyl groups is 1. The summed E-state index contributed by atoms with van der Waals surface area (Å²) in [7, 11) is -2.34. The summed E-state index contributed by atoms with van der Waals surface area (Å²) in [6.45, 7) is 3.48. The number of rotatable bonds is 6. The van der Waals surface area contributed by atoms with Crippen LogP contribution >= 0.6 is 0 Å². The van der Waals surface area contributed by atoms with Crippen LogP contribution in [0.4, 0.5) is 0 Å². The number of aromatic nitrogens is 1. The van der Waals surface area contributed by atoms with Gasteiger partial charge in [0, 0.05) is 37.9 Å². The molecule has 3 atom stereocenters. The number of carbonyl (C=O) groups is 1. The van der Waals surface area contributed by atoms with E-state index < -0.39 is 22.2 Å². The molecule has 0 unspecified atom stereocenters. The minimum atomic E-state index is -4.00. The summed E-state index contributed by atoms with van der Waals surface area (Å²) in [5, 5.41) is 19.1. The first-order valence-electron chi connectivity index (χ1n) is 12.2. The molecule has 1 amide bonds. The van der Waals surface area contributed by atoms with Crippen molar-refractivity contribution >= 4 is 15.9 Å². The first-order chi connectivity index (χ1) is 18.1. The average molecular weight is 535 g/mol. The number of ether oxygens (including phenoxy) is 1. The van der Waals surface area contributed by atoms with Gasteiger partial charge in [0.25, 0.3) is 5.91 Å². The fourth-order valence-electron chi connectivity index (χ4n) is 4.45. The number of hydrogen-bond donors (Lipinski definition) is 1. The lowest BCUT2D eigenvalue weighted by molar-refractivity contribution is 0.0563. The summed E-state index contributed by atoms with van der Waals surface area (Å²) in [5.41, 5.74) is 2.34. The Hall–Kier alpha value is -3.78. The Balaban J connectivity index is 1.76. The van der Waals surface area contributed by atoms with Crippen LogP contribution < -0.4 is 4.74 Å². The molecule has 4 rings (SSSR count). The first-order valence-corrected chi connectivity index (χ1v) is 13.7. The Morgan fingerprint density at radius 1 is 1.24 bits per heavy atom. The number of fused-ring (bicyclic) bond motifs is 1. The molecule has 2 heterocycles. The van der Waals surface area contributed by atoms with E-state index in [9.17, 15) is 23.6 Å². The Morgan fingerprint density at radius 2 is 2.00 bits per heavy atom. The van der Waals surface area contributed by atoms with Crippen molar-refractivity contribution in [3.63, 3.8) is 0 Å². The van der Waals surface area contributed by atoms with Gasteiger partial charge in [0.05, 0.1) is 30.3 Å². The van der Waals surface area contributed by atoms with E-state index in [1.165, 1.54) is 21.5 Å². The van der Waals surface area contributed by atoms with Gasteiger partial charge in [-0.05, 0) is 54.4 Å². The molecule has 0 saturated carbocycles. The van der Waals surface area contributed by atoms with Gasteiger partial charge in [0.2, 0.25) is 10.0 Å². The fourth-order valence-corrected chi connectivity index (χ4v) is 6.28. The highest BCUT2D eigenvalue weighted by atomic mass is 32.2. The number of benzene rings is 2. The molecular weight excluding hydrogens is 504 g/mol. The Morgan fingerprint density at radius 3 is 2.68 bits per heavy atom. The predicted molar refractivity (Wildman–Crippen MR) is 142 cm³/mol. The molecule has 10 heteroatoms. The quantitative estimate of drug-likeness (QED) is 0.515. The van der Waals surface area contributed by atoms with E-state index in [2.05, 4.69) is 11.1 Å². The number of aliphatic hydroxyl groups excluding tert-OH is 1. The van der Waals surface area contributed by atoms with Crippen LogP contribution in [-0.4, -0.2) is 72.5 Å². The summed E-state index contributed by atoms with van der Waals surface area (Å²) in [6.07, 6.45) is 2.54. The molecule has 38 heavy (non-hydrogen) atoms. The second-order valence-electron chi connectivity index (χ2n) is 9.52. The topological polar surface area (TPSA) is 124 Å². The molecule has 3 aromatic rings. The number of likely N-dealkylation sites (N-methyl/N-ethyl adjacent to an activating group) is 1. The van der Waals surface area contributed by atoms with Crippen molar-refractivity contribution in [3.05, 3.63) is 78.1 Å². The van der Waals surface area contributed by atoms with Crippen LogP contribution in [0.3, 0.4) is 0 Å². The van der Waals surface area contributed by atoms with Gasteiger partial charge < -0.3 is 14.7 Å². The van der Waals surface area contributed by atoms with Crippen LogP contribution in [0.1, 0.15) is 29.8 Å². The van der Waals surface area contributed by atoms with Gasteiger partial charge in [0.15, 0.2) is 0 Å². The maximum absolute atomic E-state index is 13.7. The van der Waals surface area contributed by atoms with Gasteiger partial charge in [-0.15, -0.1) is 0 Å². The molecule has 0 fully saturated rings. The molecule has 1 aromatic heterocycles. The van der Waals surface area contributed by atoms with E-state index in [0.717, 1.165) is 5.56 Å². The Labute approximate surface area is 223 Å². The lowest BCUT2D eigenvalue weighted by atomic mass is 10.0. The predicted octanol–water partition coefficient (Wildman–Crippen LogP) is 3.16. The van der Waals surface area contributed by atoms with Gasteiger partial charge in [-0.3, -0.25) is 9.78 Å². The standard InChI is InChI=1S/C28H30N4O5S/c1-19-16-32(20(2)18-33)38(35,36)27-10-9-23(22-7-4-6-21(12-22)14-29)13-25(27)37-26(19)17-31(3)28(34)24-8-5-11-30-15-24/h4-13,15,19-20,26,33H,16-18H2,1-3H3/t19-,20+,26+/m1/s1. The normalized spacial score (nSPS) is 19.7. The zero-order valence-corrected chi connectivity index (χ0v) is 22.3. The zero-order valence-electron chi connectivity index (χ0n) is 21.5. The van der Waals surface area contributed by atoms with Gasteiger partial charge in [-0.1, -0.05) is 25.1 Å². The lowest BCUT2D eigenvalue weighted by Gasteiger charge is -2.37. The van der Waals surface area contributed by atoms with E-state index in [1.54, 1.807) is 62.6 Å². The monoisotopic (exact) mass is 534 g/mol. The number of hydrogen-bond acceptors (Lipinski definition) is 7. The summed E-state index contributed by atoms with van der Waals surface area (Å²) < 4.78 is 35.1. The molecule has 2 aromatic carbocycles. The van der Waals surface area contributed by atoms with Gasteiger partial charge in [0.1, 0.15) is 16.7 Å². The third-order valence-electron chi connectivity index (χ3n) is 6.70. The molecular formula is C28H30N4O5S. The summed E-state index contributed by atoms with van der Waals surface area (Å²) in [6, 6.07) is 16.7. The average Bonchev–Trinajstić information content (AvgIpc) is 2.94. The van der Waals surface area contributed by atoms with Gasteiger partial charge in [-0.25, -0.2) is 8.42 Å². The number of nitrogens with zero attached hydrogens (tertiary/aromatic N) is 4. The minimum absolute atomic E-state index is 0.0175. The van der Waals surface area contributed by atoms with Crippen LogP contribution in [0.15, 0.2) is 71.9 Å². The highest BCUT2D eigenvalue weighted by molar-refractivity contribution is 7.89. The second-order valence-corrected chi connectivity index (χ2v) is 11.4. The largest absolute Gasteiger partial charge is 0.487 e. The van der Waals surface area contributed by atoms with Gasteiger partial charge in [-0.2, -0.15) is 9.57 Å². The van der Waals surface area contributed by atoms with Crippen molar-refractivity contribution in [1.29, 1.82) is 5.26 Å². The highest BCUT2D eigenvalue weighted by Gasteiger charge is 2.38. The third-order valence-corrected chi connectivity index (χ3v) is 8.72. The molecule has 1 aliphatic rings. The van der Waals surface area contributed by atoms with Crippen LogP contribution in [0.25, 0.3) is 11.1 Å². The van der Waals surface area contributed by atoms with E-state index in [-0.39, 0.29) is 42.2 Å². The van der Waals surface area contributed by atoms with Crippen LogP contribution in [0, 0.1) is 17.2 Å². The van der Waals surface area contributed by atoms with E-state index in [1.807, 2.05) is 13.0 Å². The van der Waals surface area contributed by atoms with Crippen molar-refractivity contribution in [2.45, 2.75) is 30.9 Å². The van der Waals surface area contributed by atoms with Crippen LogP contribution in [-0.2, 0) is 10.0 Å². The Kier molecular flexibility index (Phi) is 8.11. The fraction of sp³-hybridized carbons (Fsp3) is 0.321. The number of amides is 1. The molecule has 0 radical (unpaired) electrons. The summed E-state index contributed by atoms with van der Waals surface area (Å²) >= 11 is 0. The van der Waals surface area contributed by atoms with Crippen molar-refractivity contribution in [2.75, 3.05) is 26.7 Å². The van der Waals surface area contributed by atoms with Crippen molar-refractivity contribution in [3.8, 4) is 22.9 Å². The summed E-state index contributed by atoms with van der Waals surface area (Å²) in [5.74, 6) is -0.396. The second kappa shape index (κ2) is 11.3. The number of pyridine rings is 1. The number of sulfonamides is 1. The van der Waals surface area contributed by atoms with E-state index in [4.69, 9.17) is 4.74 Å². The molecule has 198 valence electrons. The van der Waals surface area contributed by atoms with E-state index in [0.29, 0.717) is 16.7 Å². The number of nitriles is 1. The molecule has 0 bridgehead atoms. The molecule has 1 N–H and O–H groups in total. The van der Waals surface area contributed by atoms with Crippen LogP contribution in [0.5, 0.6) is 5.75 Å². The van der Waals surface area contributed by atoms with Gasteiger partial charge >= 0.3 is 0 Å². The summed E-state index contributed by atoms with van der Waals surface area (Å²) in [4.78, 5) is 18.5. The SMILES string of the molecule is C[C@@H]1CN([C@@H](C)CO)S(=O)(=O)c2ccc(-c3cccc(C#N)c3)cc2O[C@H]1CN(C)C(=O)c1cccnc1. The van der Waals surface area contributed by atoms with Crippen molar-refractivity contribution < 1.29 is 23.1 Å². The van der Waals surface area contributed by atoms with Crippen molar-refractivity contribution in [1.82, 2.24) is 14.2 Å². The number of carbonyl (C=O) groups excluding carboxylic acids is 1. The molecule has 0 spiro atoms. The molecule has 9 nitrogen and oxygen atoms in total. The molecule has 0 saturated heterocycles. The lowest BCUT2D eigenvalue weighted by Crippen LogP contribution is -2.50. The molecule has 1 aliphatic heterocycles. The van der Waals surface area contributed by atoms with Crippen molar-refractivity contribution in [2.24, 2.45) is 5.92 Å². The first kappa shape index (κ1) is 27.3. The molecule has 0 aliphatic carbocycles. The highest BCUT2D eigenvalue weighted by Crippen LogP contribution is 2.36. The maximum Gasteiger partial charge on any atom is 0.255 e. The maximum atomic E-state index is 13.7.